The summed E-state index contributed by atoms with van der Waals surface area (Å²) in [6.07, 6.45) is 3.33. The number of hydrogen-bond acceptors (Lipinski definition) is 3. The molecule has 3 aromatic rings. The first-order chi connectivity index (χ1) is 14.1. The van der Waals surface area contributed by atoms with Gasteiger partial charge in [-0.2, -0.15) is 0 Å². The molecule has 0 unspecified atom stereocenters. The first kappa shape index (κ1) is 20.1. The Labute approximate surface area is 170 Å². The Morgan fingerprint density at radius 2 is 1.69 bits per heavy atom. The highest BCUT2D eigenvalue weighted by atomic mass is 16.5. The van der Waals surface area contributed by atoms with Crippen molar-refractivity contribution in [3.05, 3.63) is 100 Å². The van der Waals surface area contributed by atoms with Crippen molar-refractivity contribution >= 4 is 17.7 Å². The third-order valence-electron chi connectivity index (χ3n) is 4.40. The van der Waals surface area contributed by atoms with E-state index in [1.54, 1.807) is 36.4 Å². The van der Waals surface area contributed by atoms with Crippen molar-refractivity contribution < 1.29 is 9.53 Å². The van der Waals surface area contributed by atoms with Crippen LogP contribution in [0.5, 0.6) is 5.75 Å². The van der Waals surface area contributed by atoms with Crippen LogP contribution in [0.4, 0.5) is 0 Å². The van der Waals surface area contributed by atoms with Crippen LogP contribution in [0.25, 0.3) is 11.8 Å². The predicted octanol–water partition coefficient (Wildman–Crippen LogP) is 3.90. The Balaban J connectivity index is 1.95. The fourth-order valence-corrected chi connectivity index (χ4v) is 2.97. The van der Waals surface area contributed by atoms with Gasteiger partial charge in [0, 0.05) is 25.9 Å². The van der Waals surface area contributed by atoms with Crippen molar-refractivity contribution in [2.24, 2.45) is 0 Å². The second kappa shape index (κ2) is 9.55. The molecule has 0 aliphatic heterocycles. The molecule has 0 bridgehead atoms. The van der Waals surface area contributed by atoms with E-state index >= 15 is 0 Å². The quantitative estimate of drug-likeness (QED) is 0.577. The number of carbonyl (C=O) groups excluding carboxylic acids is 1. The van der Waals surface area contributed by atoms with E-state index in [1.807, 2.05) is 61.5 Å². The van der Waals surface area contributed by atoms with Crippen molar-refractivity contribution in [1.29, 1.82) is 0 Å². The zero-order valence-electron chi connectivity index (χ0n) is 16.6. The molecule has 0 atom stereocenters. The average molecular weight is 388 g/mol. The van der Waals surface area contributed by atoms with Crippen LogP contribution in [-0.4, -0.2) is 29.0 Å². The molecular weight excluding hydrogens is 364 g/mol. The summed E-state index contributed by atoms with van der Waals surface area (Å²) >= 11 is 0. The fourth-order valence-electron chi connectivity index (χ4n) is 2.97. The van der Waals surface area contributed by atoms with Crippen LogP contribution in [0.1, 0.15) is 18.1 Å². The van der Waals surface area contributed by atoms with Gasteiger partial charge in [0.05, 0.1) is 6.61 Å². The lowest BCUT2D eigenvalue weighted by Gasteiger charge is -2.20. The first-order valence-electron chi connectivity index (χ1n) is 9.50. The highest BCUT2D eigenvalue weighted by molar-refractivity contribution is 6.18. The van der Waals surface area contributed by atoms with Gasteiger partial charge in [-0.15, -0.1) is 0 Å². The molecule has 0 aliphatic carbocycles. The van der Waals surface area contributed by atoms with Crippen molar-refractivity contribution in [3.63, 3.8) is 0 Å². The molecule has 0 N–H and O–H groups in total. The number of aromatic nitrogens is 1. The minimum absolute atomic E-state index is 0.240. The van der Waals surface area contributed by atoms with Crippen LogP contribution in [0, 0.1) is 0 Å². The van der Waals surface area contributed by atoms with Crippen LogP contribution in [-0.2, 0) is 11.3 Å². The third kappa shape index (κ3) is 5.23. The van der Waals surface area contributed by atoms with Gasteiger partial charge in [0.2, 0.25) is 0 Å². The van der Waals surface area contributed by atoms with Crippen LogP contribution >= 0.6 is 0 Å². The molecule has 2 aromatic carbocycles. The second-order valence-electron chi connectivity index (χ2n) is 6.59. The van der Waals surface area contributed by atoms with Crippen LogP contribution in [0.3, 0.4) is 0 Å². The average Bonchev–Trinajstić information content (AvgIpc) is 2.74. The molecule has 0 saturated heterocycles. The zero-order chi connectivity index (χ0) is 20.6. The summed E-state index contributed by atoms with van der Waals surface area (Å²) in [6.45, 7) is 2.96. The first-order valence-corrected chi connectivity index (χ1v) is 9.50. The number of benzene rings is 2. The van der Waals surface area contributed by atoms with Gasteiger partial charge >= 0.3 is 0 Å². The number of amides is 1. The molecule has 0 fully saturated rings. The summed E-state index contributed by atoms with van der Waals surface area (Å²) in [5, 5.41) is 0. The van der Waals surface area contributed by atoms with Gasteiger partial charge in [-0.3, -0.25) is 14.2 Å². The van der Waals surface area contributed by atoms with Gasteiger partial charge in [-0.25, -0.2) is 0 Å². The van der Waals surface area contributed by atoms with Crippen LogP contribution in [0.15, 0.2) is 83.8 Å². The van der Waals surface area contributed by atoms with E-state index in [0.29, 0.717) is 13.2 Å². The molecule has 0 radical (unpaired) electrons. The normalized spacial score (nSPS) is 11.2. The molecule has 5 heteroatoms. The van der Waals surface area contributed by atoms with E-state index in [9.17, 15) is 9.59 Å². The van der Waals surface area contributed by atoms with Gasteiger partial charge in [0.1, 0.15) is 11.4 Å². The molecule has 1 amide bonds. The van der Waals surface area contributed by atoms with E-state index in [4.69, 9.17) is 4.74 Å². The lowest BCUT2D eigenvalue weighted by molar-refractivity contribution is -0.124. The van der Waals surface area contributed by atoms with Gasteiger partial charge in [0.15, 0.2) is 0 Å². The van der Waals surface area contributed by atoms with Crippen LogP contribution in [0.2, 0.25) is 0 Å². The van der Waals surface area contributed by atoms with E-state index in [0.717, 1.165) is 16.9 Å². The minimum atomic E-state index is -0.258. The minimum Gasteiger partial charge on any atom is -0.494 e. The molecule has 0 saturated carbocycles. The maximum atomic E-state index is 13.2. The summed E-state index contributed by atoms with van der Waals surface area (Å²) < 4.78 is 6.85. The largest absolute Gasteiger partial charge is 0.494 e. The molecule has 148 valence electrons. The Morgan fingerprint density at radius 1 is 1.00 bits per heavy atom. The van der Waals surface area contributed by atoms with Crippen molar-refractivity contribution in [3.8, 4) is 5.75 Å². The highest BCUT2D eigenvalue weighted by Gasteiger charge is 2.18. The topological polar surface area (TPSA) is 51.5 Å². The Kier molecular flexibility index (Phi) is 6.63. The zero-order valence-corrected chi connectivity index (χ0v) is 16.6. The molecule has 1 aromatic heterocycles. The van der Waals surface area contributed by atoms with Crippen molar-refractivity contribution in [2.45, 2.75) is 13.5 Å². The Morgan fingerprint density at radius 3 is 2.34 bits per heavy atom. The number of pyridine rings is 1. The van der Waals surface area contributed by atoms with E-state index in [-0.39, 0.29) is 17.2 Å². The third-order valence-corrected chi connectivity index (χ3v) is 4.40. The SMILES string of the molecule is CCOc1ccc(/C=C(\C(=O)N(C)Cc2ccccc2)n2ccccc2=O)cc1. The highest BCUT2D eigenvalue weighted by Crippen LogP contribution is 2.18. The Bertz CT molecular complexity index is 1040. The monoisotopic (exact) mass is 388 g/mol. The number of nitrogens with zero attached hydrogens (tertiary/aromatic N) is 2. The molecule has 3 rings (SSSR count). The fraction of sp³-hybridized carbons (Fsp3) is 0.167. The summed E-state index contributed by atoms with van der Waals surface area (Å²) in [7, 11) is 1.73. The molecular formula is C24H24N2O3. The van der Waals surface area contributed by atoms with Crippen LogP contribution < -0.4 is 10.3 Å². The molecule has 5 nitrogen and oxygen atoms in total. The molecule has 0 aliphatic rings. The Hall–Kier alpha value is -3.60. The van der Waals surface area contributed by atoms with Crippen molar-refractivity contribution in [1.82, 2.24) is 9.47 Å². The molecule has 1 heterocycles. The summed E-state index contributed by atoms with van der Waals surface area (Å²) in [6, 6.07) is 22.0. The van der Waals surface area contributed by atoms with Crippen molar-refractivity contribution in [2.75, 3.05) is 13.7 Å². The maximum absolute atomic E-state index is 13.2. The van der Waals surface area contributed by atoms with Gasteiger partial charge in [0.25, 0.3) is 11.5 Å². The summed E-state index contributed by atoms with van der Waals surface area (Å²) in [5.41, 5.74) is 1.86. The molecule has 0 spiro atoms. The lowest BCUT2D eigenvalue weighted by Crippen LogP contribution is -2.32. The smallest absolute Gasteiger partial charge is 0.270 e. The molecule has 29 heavy (non-hydrogen) atoms. The number of rotatable bonds is 7. The predicted molar refractivity (Wildman–Crippen MR) is 115 cm³/mol. The summed E-state index contributed by atoms with van der Waals surface area (Å²) in [5.74, 6) is 0.520. The van der Waals surface area contributed by atoms with Gasteiger partial charge in [-0.05, 0) is 42.3 Å². The maximum Gasteiger partial charge on any atom is 0.270 e. The number of carbonyl (C=O) groups is 1. The van der Waals surface area contributed by atoms with E-state index in [2.05, 4.69) is 0 Å². The standard InChI is InChI=1S/C24H24N2O3/c1-3-29-21-14-12-19(13-15-21)17-22(26-16-8-7-11-23(26)27)24(28)25(2)18-20-9-5-4-6-10-20/h4-17H,3,18H2,1-2H3/b22-17+. The van der Waals surface area contributed by atoms with E-state index < -0.39 is 0 Å². The lowest BCUT2D eigenvalue weighted by atomic mass is 10.1. The number of hydrogen-bond donors (Lipinski definition) is 0. The van der Waals surface area contributed by atoms with Gasteiger partial charge in [-0.1, -0.05) is 48.5 Å². The second-order valence-corrected chi connectivity index (χ2v) is 6.59. The number of likely N-dealkylation sites (N-methyl/N-ethyl adjacent to an activating group) is 1. The number of ether oxygens (including phenoxy) is 1. The van der Waals surface area contributed by atoms with E-state index in [1.165, 1.54) is 10.6 Å². The van der Waals surface area contributed by atoms with Gasteiger partial charge < -0.3 is 9.64 Å². The summed E-state index contributed by atoms with van der Waals surface area (Å²) in [4.78, 5) is 27.3.